The summed E-state index contributed by atoms with van der Waals surface area (Å²) >= 11 is 0. The van der Waals surface area contributed by atoms with Crippen molar-refractivity contribution in [2.75, 3.05) is 0 Å². The third kappa shape index (κ3) is 2.48. The van der Waals surface area contributed by atoms with E-state index in [9.17, 15) is 5.26 Å². The summed E-state index contributed by atoms with van der Waals surface area (Å²) in [5, 5.41) is 11.4. The molecule has 0 amide bonds. The summed E-state index contributed by atoms with van der Waals surface area (Å²) < 4.78 is 5.80. The van der Waals surface area contributed by atoms with Gasteiger partial charge in [-0.2, -0.15) is 5.26 Å². The summed E-state index contributed by atoms with van der Waals surface area (Å²) in [5.41, 5.74) is 1.66. The molecule has 3 rings (SSSR count). The van der Waals surface area contributed by atoms with Crippen molar-refractivity contribution in [2.24, 2.45) is 0 Å². The van der Waals surface area contributed by atoms with Crippen molar-refractivity contribution in [2.45, 2.75) is 6.61 Å². The summed E-state index contributed by atoms with van der Waals surface area (Å²) in [6.07, 6.45) is 0. The molecule has 96 valence electrons. The van der Waals surface area contributed by atoms with Gasteiger partial charge in [0.15, 0.2) is 0 Å². The third-order valence-electron chi connectivity index (χ3n) is 3.21. The van der Waals surface area contributed by atoms with Gasteiger partial charge in [-0.15, -0.1) is 0 Å². The molecule has 0 unspecified atom stereocenters. The molecule has 3 aromatic rings. The monoisotopic (exact) mass is 259 g/mol. The number of rotatable bonds is 3. The molecule has 0 aliphatic heterocycles. The summed E-state index contributed by atoms with van der Waals surface area (Å²) in [6, 6.07) is 23.9. The van der Waals surface area contributed by atoms with Crippen molar-refractivity contribution in [3.05, 3.63) is 77.9 Å². The Hall–Kier alpha value is -2.79. The molecule has 0 N–H and O–H groups in total. The Bertz CT molecular complexity index is 772. The van der Waals surface area contributed by atoms with E-state index in [0.29, 0.717) is 17.9 Å². The lowest BCUT2D eigenvalue weighted by atomic mass is 10.1. The summed E-state index contributed by atoms with van der Waals surface area (Å²) in [6.45, 7) is 0.466. The zero-order valence-electron chi connectivity index (χ0n) is 10.9. The lowest BCUT2D eigenvalue weighted by molar-refractivity contribution is 0.306. The number of fused-ring (bicyclic) bond motifs is 1. The van der Waals surface area contributed by atoms with Crippen molar-refractivity contribution in [3.8, 4) is 11.8 Å². The quantitative estimate of drug-likeness (QED) is 0.703. The second-order valence-electron chi connectivity index (χ2n) is 4.58. The van der Waals surface area contributed by atoms with Crippen molar-refractivity contribution < 1.29 is 4.74 Å². The van der Waals surface area contributed by atoms with Gasteiger partial charge in [0.2, 0.25) is 0 Å². The van der Waals surface area contributed by atoms with Gasteiger partial charge in [0.25, 0.3) is 0 Å². The van der Waals surface area contributed by atoms with Gasteiger partial charge in [0, 0.05) is 0 Å². The van der Waals surface area contributed by atoms with Crippen LogP contribution >= 0.6 is 0 Å². The van der Waals surface area contributed by atoms with Gasteiger partial charge in [-0.05, 0) is 28.5 Å². The maximum atomic E-state index is 9.25. The van der Waals surface area contributed by atoms with Crippen LogP contribution in [0.1, 0.15) is 11.1 Å². The molecule has 0 radical (unpaired) electrons. The Morgan fingerprint density at radius 1 is 0.850 bits per heavy atom. The van der Waals surface area contributed by atoms with Crippen LogP contribution in [-0.2, 0) is 6.61 Å². The van der Waals surface area contributed by atoms with Crippen LogP contribution in [0.5, 0.6) is 5.75 Å². The topological polar surface area (TPSA) is 33.0 Å². The Morgan fingerprint density at radius 3 is 2.20 bits per heavy atom. The molecule has 0 spiro atoms. The van der Waals surface area contributed by atoms with Gasteiger partial charge in [-0.25, -0.2) is 0 Å². The minimum absolute atomic E-state index is 0.466. The maximum absolute atomic E-state index is 9.25. The highest BCUT2D eigenvalue weighted by Crippen LogP contribution is 2.26. The molecule has 0 atom stereocenters. The van der Waals surface area contributed by atoms with Gasteiger partial charge in [0.05, 0.1) is 5.56 Å². The lowest BCUT2D eigenvalue weighted by Crippen LogP contribution is -1.97. The SMILES string of the molecule is N#Cc1cc2ccccc2cc1OCc1ccccc1. The van der Waals surface area contributed by atoms with Gasteiger partial charge in [0.1, 0.15) is 18.4 Å². The molecule has 0 aliphatic carbocycles. The first-order valence-electron chi connectivity index (χ1n) is 6.46. The molecule has 0 bridgehead atoms. The molecule has 0 saturated carbocycles. The fraction of sp³-hybridized carbons (Fsp3) is 0.0556. The third-order valence-corrected chi connectivity index (χ3v) is 3.21. The van der Waals surface area contributed by atoms with Crippen LogP contribution in [0.25, 0.3) is 10.8 Å². The molecule has 3 aromatic carbocycles. The van der Waals surface area contributed by atoms with E-state index in [0.717, 1.165) is 16.3 Å². The standard InChI is InChI=1S/C18H13NO/c19-12-17-10-15-8-4-5-9-16(15)11-18(17)20-13-14-6-2-1-3-7-14/h1-11H,13H2. The predicted octanol–water partition coefficient (Wildman–Crippen LogP) is 4.29. The normalized spacial score (nSPS) is 10.2. The summed E-state index contributed by atoms with van der Waals surface area (Å²) in [5.74, 6) is 0.634. The van der Waals surface area contributed by atoms with E-state index in [2.05, 4.69) is 6.07 Å². The fourth-order valence-electron chi connectivity index (χ4n) is 2.16. The van der Waals surface area contributed by atoms with E-state index < -0.39 is 0 Å². The van der Waals surface area contributed by atoms with Gasteiger partial charge >= 0.3 is 0 Å². The van der Waals surface area contributed by atoms with Gasteiger partial charge < -0.3 is 4.74 Å². The summed E-state index contributed by atoms with van der Waals surface area (Å²) in [4.78, 5) is 0. The number of hydrogen-bond donors (Lipinski definition) is 0. The molecule has 0 saturated heterocycles. The van der Waals surface area contributed by atoms with Gasteiger partial charge in [-0.3, -0.25) is 0 Å². The first kappa shape index (κ1) is 12.3. The average Bonchev–Trinajstić information content (AvgIpc) is 2.53. The first-order valence-corrected chi connectivity index (χ1v) is 6.46. The number of hydrogen-bond acceptors (Lipinski definition) is 2. The smallest absolute Gasteiger partial charge is 0.138 e. The highest BCUT2D eigenvalue weighted by Gasteiger charge is 2.06. The first-order chi connectivity index (χ1) is 9.86. The van der Waals surface area contributed by atoms with Crippen LogP contribution in [0.3, 0.4) is 0 Å². The van der Waals surface area contributed by atoms with E-state index in [-0.39, 0.29) is 0 Å². The minimum Gasteiger partial charge on any atom is -0.487 e. The van der Waals surface area contributed by atoms with E-state index in [1.807, 2.05) is 66.7 Å². The van der Waals surface area contributed by atoms with E-state index in [4.69, 9.17) is 4.74 Å². The zero-order valence-corrected chi connectivity index (χ0v) is 10.9. The average molecular weight is 259 g/mol. The highest BCUT2D eigenvalue weighted by atomic mass is 16.5. The van der Waals surface area contributed by atoms with Crippen molar-refractivity contribution >= 4 is 10.8 Å². The Morgan fingerprint density at radius 2 is 1.50 bits per heavy atom. The molecule has 2 heteroatoms. The Balaban J connectivity index is 1.92. The fourth-order valence-corrected chi connectivity index (χ4v) is 2.16. The minimum atomic E-state index is 0.466. The molecular formula is C18H13NO. The molecular weight excluding hydrogens is 246 g/mol. The van der Waals surface area contributed by atoms with Gasteiger partial charge in [-0.1, -0.05) is 54.6 Å². The Kier molecular flexibility index (Phi) is 3.34. The van der Waals surface area contributed by atoms with Crippen molar-refractivity contribution in [1.29, 1.82) is 5.26 Å². The van der Waals surface area contributed by atoms with Crippen LogP contribution < -0.4 is 4.74 Å². The number of benzene rings is 3. The molecule has 2 nitrogen and oxygen atoms in total. The lowest BCUT2D eigenvalue weighted by Gasteiger charge is -2.09. The van der Waals surface area contributed by atoms with Crippen LogP contribution in [0.4, 0.5) is 0 Å². The van der Waals surface area contributed by atoms with Crippen LogP contribution in [-0.4, -0.2) is 0 Å². The molecule has 0 heterocycles. The maximum Gasteiger partial charge on any atom is 0.138 e. The number of nitrogens with zero attached hydrogens (tertiary/aromatic N) is 1. The zero-order chi connectivity index (χ0) is 13.8. The molecule has 0 aromatic heterocycles. The molecule has 0 aliphatic rings. The highest BCUT2D eigenvalue weighted by molar-refractivity contribution is 5.85. The van der Waals surface area contributed by atoms with Crippen LogP contribution in [0.15, 0.2) is 66.7 Å². The van der Waals surface area contributed by atoms with Crippen LogP contribution in [0.2, 0.25) is 0 Å². The summed E-state index contributed by atoms with van der Waals surface area (Å²) in [7, 11) is 0. The van der Waals surface area contributed by atoms with E-state index in [1.165, 1.54) is 0 Å². The Labute approximate surface area is 117 Å². The van der Waals surface area contributed by atoms with E-state index >= 15 is 0 Å². The molecule has 20 heavy (non-hydrogen) atoms. The second kappa shape index (κ2) is 5.46. The van der Waals surface area contributed by atoms with Crippen molar-refractivity contribution in [1.82, 2.24) is 0 Å². The largest absolute Gasteiger partial charge is 0.487 e. The second-order valence-corrected chi connectivity index (χ2v) is 4.58. The van der Waals surface area contributed by atoms with Crippen molar-refractivity contribution in [3.63, 3.8) is 0 Å². The van der Waals surface area contributed by atoms with Crippen LogP contribution in [0, 0.1) is 11.3 Å². The number of ether oxygens (including phenoxy) is 1. The molecule has 0 fully saturated rings. The number of nitriles is 1. The predicted molar refractivity (Wildman–Crippen MR) is 79.4 cm³/mol. The van der Waals surface area contributed by atoms with E-state index in [1.54, 1.807) is 0 Å².